The van der Waals surface area contributed by atoms with Gasteiger partial charge in [-0.05, 0) is 36.6 Å². The first-order valence-corrected chi connectivity index (χ1v) is 12.5. The fraction of sp³-hybridized carbons (Fsp3) is 0.429. The van der Waals surface area contributed by atoms with Gasteiger partial charge in [0.05, 0.1) is 43.4 Å². The molecule has 3 aromatic rings. The zero-order chi connectivity index (χ0) is 26.5. The molecule has 1 aromatic heterocycles. The number of carbonyl (C=O) groups excluding carboxylic acids is 2. The summed E-state index contributed by atoms with van der Waals surface area (Å²) in [6.45, 7) is 7.42. The lowest BCUT2D eigenvalue weighted by Gasteiger charge is -2.26. The standard InChI is InChI=1S/C28H34N4O5/c1-18(2)13-31-14-22(37-17-20-8-7-9-21(12-20)36-4)15-32(16-25(31)33)28(35)19(3)26-23-10-5-6-11-24(23)27(34)30-29-26/h5-12,18-19,22H,13-17H2,1-4H3,(H,30,34)/t19-,22+/m0/s1. The van der Waals surface area contributed by atoms with Gasteiger partial charge in [0.2, 0.25) is 11.8 Å². The molecule has 1 saturated heterocycles. The number of methoxy groups -OCH3 is 1. The Morgan fingerprint density at radius 2 is 1.84 bits per heavy atom. The molecule has 0 aliphatic carbocycles. The zero-order valence-electron chi connectivity index (χ0n) is 21.8. The summed E-state index contributed by atoms with van der Waals surface area (Å²) < 4.78 is 11.6. The highest BCUT2D eigenvalue weighted by molar-refractivity contribution is 5.93. The fourth-order valence-electron chi connectivity index (χ4n) is 4.70. The Kier molecular flexibility index (Phi) is 8.23. The summed E-state index contributed by atoms with van der Waals surface area (Å²) in [4.78, 5) is 42.5. The van der Waals surface area contributed by atoms with Crippen molar-refractivity contribution in [3.05, 3.63) is 70.1 Å². The lowest BCUT2D eigenvalue weighted by atomic mass is 10.00. The van der Waals surface area contributed by atoms with Crippen LogP contribution in [-0.4, -0.2) is 71.2 Å². The zero-order valence-corrected chi connectivity index (χ0v) is 21.8. The van der Waals surface area contributed by atoms with Gasteiger partial charge in [0.25, 0.3) is 5.56 Å². The predicted molar refractivity (Wildman–Crippen MR) is 140 cm³/mol. The van der Waals surface area contributed by atoms with Gasteiger partial charge in [0.1, 0.15) is 5.75 Å². The number of hydrogen-bond donors (Lipinski definition) is 1. The topological polar surface area (TPSA) is 105 Å². The second-order valence-electron chi connectivity index (χ2n) is 9.90. The number of fused-ring (bicyclic) bond motifs is 1. The van der Waals surface area contributed by atoms with Crippen LogP contribution >= 0.6 is 0 Å². The molecule has 0 unspecified atom stereocenters. The highest BCUT2D eigenvalue weighted by Gasteiger charge is 2.34. The van der Waals surface area contributed by atoms with Crippen LogP contribution in [0.4, 0.5) is 0 Å². The third kappa shape index (κ3) is 6.17. The van der Waals surface area contributed by atoms with E-state index in [0.29, 0.717) is 36.2 Å². The minimum atomic E-state index is -0.662. The largest absolute Gasteiger partial charge is 0.497 e. The average Bonchev–Trinajstić information content (AvgIpc) is 3.05. The molecule has 9 heteroatoms. The molecular formula is C28H34N4O5. The molecule has 0 radical (unpaired) electrons. The Morgan fingerprint density at radius 3 is 2.57 bits per heavy atom. The molecular weight excluding hydrogens is 472 g/mol. The van der Waals surface area contributed by atoms with Crippen LogP contribution in [0, 0.1) is 5.92 Å². The second-order valence-corrected chi connectivity index (χ2v) is 9.90. The summed E-state index contributed by atoms with van der Waals surface area (Å²) in [5.74, 6) is 0.0105. The molecule has 2 amide bonds. The number of rotatable bonds is 8. The lowest BCUT2D eigenvalue weighted by Crippen LogP contribution is -2.42. The van der Waals surface area contributed by atoms with E-state index in [1.165, 1.54) is 0 Å². The number of aromatic nitrogens is 2. The normalized spacial score (nSPS) is 17.2. The number of hydrogen-bond acceptors (Lipinski definition) is 6. The molecule has 2 heterocycles. The van der Waals surface area contributed by atoms with Crippen molar-refractivity contribution in [1.82, 2.24) is 20.0 Å². The minimum absolute atomic E-state index is 0.0315. The number of nitrogens with zero attached hydrogens (tertiary/aromatic N) is 3. The minimum Gasteiger partial charge on any atom is -0.497 e. The van der Waals surface area contributed by atoms with Crippen molar-refractivity contribution < 1.29 is 19.1 Å². The molecule has 0 saturated carbocycles. The highest BCUT2D eigenvalue weighted by Crippen LogP contribution is 2.24. The first-order valence-electron chi connectivity index (χ1n) is 12.5. The Morgan fingerprint density at radius 1 is 1.08 bits per heavy atom. The van der Waals surface area contributed by atoms with E-state index in [0.717, 1.165) is 11.3 Å². The van der Waals surface area contributed by atoms with Crippen molar-refractivity contribution in [2.45, 2.75) is 39.4 Å². The van der Waals surface area contributed by atoms with Crippen molar-refractivity contribution in [3.63, 3.8) is 0 Å². The van der Waals surface area contributed by atoms with Gasteiger partial charge in [0, 0.05) is 25.0 Å². The van der Waals surface area contributed by atoms with Gasteiger partial charge < -0.3 is 19.3 Å². The van der Waals surface area contributed by atoms with Crippen LogP contribution in [0.25, 0.3) is 10.8 Å². The predicted octanol–water partition coefficient (Wildman–Crippen LogP) is 2.95. The maximum atomic E-state index is 13.7. The van der Waals surface area contributed by atoms with Gasteiger partial charge in [0.15, 0.2) is 0 Å². The maximum absolute atomic E-state index is 13.7. The third-order valence-corrected chi connectivity index (χ3v) is 6.55. The Bertz CT molecular complexity index is 1320. The molecule has 9 nitrogen and oxygen atoms in total. The first-order chi connectivity index (χ1) is 17.8. The SMILES string of the molecule is COc1cccc(CO[C@@H]2CN(CC(C)C)C(=O)CN(C(=O)[C@@H](C)c3n[nH]c(=O)c4ccccc34)C2)c1. The smallest absolute Gasteiger partial charge is 0.272 e. The van der Waals surface area contributed by atoms with Gasteiger partial charge in [-0.25, -0.2) is 5.10 Å². The summed E-state index contributed by atoms with van der Waals surface area (Å²) >= 11 is 0. The number of benzene rings is 2. The van der Waals surface area contributed by atoms with Gasteiger partial charge >= 0.3 is 0 Å². The summed E-state index contributed by atoms with van der Waals surface area (Å²) in [5.41, 5.74) is 1.12. The van der Waals surface area contributed by atoms with Crippen molar-refractivity contribution in [1.29, 1.82) is 0 Å². The van der Waals surface area contributed by atoms with Crippen LogP contribution in [-0.2, 0) is 20.9 Å². The summed E-state index contributed by atoms with van der Waals surface area (Å²) in [6, 6.07) is 14.7. The van der Waals surface area contributed by atoms with E-state index in [2.05, 4.69) is 24.0 Å². The Hall–Kier alpha value is -3.72. The van der Waals surface area contributed by atoms with E-state index in [4.69, 9.17) is 9.47 Å². The van der Waals surface area contributed by atoms with Gasteiger partial charge in [-0.15, -0.1) is 0 Å². The van der Waals surface area contributed by atoms with Crippen LogP contribution in [0.3, 0.4) is 0 Å². The molecule has 1 aliphatic rings. The molecule has 0 bridgehead atoms. The molecule has 1 aliphatic heterocycles. The monoisotopic (exact) mass is 506 g/mol. The number of carbonyl (C=O) groups is 2. The van der Waals surface area contributed by atoms with Crippen molar-refractivity contribution in [2.75, 3.05) is 33.3 Å². The van der Waals surface area contributed by atoms with Crippen LogP contribution in [0.2, 0.25) is 0 Å². The molecule has 37 heavy (non-hydrogen) atoms. The number of ether oxygens (including phenoxy) is 2. The maximum Gasteiger partial charge on any atom is 0.272 e. The Balaban J connectivity index is 1.57. The van der Waals surface area contributed by atoms with E-state index < -0.39 is 5.92 Å². The van der Waals surface area contributed by atoms with Gasteiger partial charge in [-0.2, -0.15) is 5.10 Å². The van der Waals surface area contributed by atoms with Crippen molar-refractivity contribution >= 4 is 22.6 Å². The summed E-state index contributed by atoms with van der Waals surface area (Å²) in [6.07, 6.45) is -0.368. The molecule has 2 aromatic carbocycles. The van der Waals surface area contributed by atoms with E-state index in [1.807, 2.05) is 30.3 Å². The van der Waals surface area contributed by atoms with Crippen molar-refractivity contribution in [3.8, 4) is 5.75 Å². The number of H-pyrrole nitrogens is 1. The number of nitrogens with one attached hydrogen (secondary N) is 1. The van der Waals surface area contributed by atoms with E-state index in [9.17, 15) is 14.4 Å². The number of amides is 2. The second kappa shape index (κ2) is 11.6. The van der Waals surface area contributed by atoms with Crippen LogP contribution in [0.15, 0.2) is 53.3 Å². The van der Waals surface area contributed by atoms with Crippen LogP contribution in [0.5, 0.6) is 5.75 Å². The molecule has 1 N–H and O–H groups in total. The van der Waals surface area contributed by atoms with Crippen LogP contribution < -0.4 is 10.3 Å². The molecule has 0 spiro atoms. The average molecular weight is 507 g/mol. The van der Waals surface area contributed by atoms with Gasteiger partial charge in [-0.3, -0.25) is 14.4 Å². The highest BCUT2D eigenvalue weighted by atomic mass is 16.5. The first kappa shape index (κ1) is 26.3. The van der Waals surface area contributed by atoms with Crippen LogP contribution in [0.1, 0.15) is 37.9 Å². The molecule has 196 valence electrons. The lowest BCUT2D eigenvalue weighted by molar-refractivity contribution is -0.139. The fourth-order valence-corrected chi connectivity index (χ4v) is 4.70. The van der Waals surface area contributed by atoms with Crippen molar-refractivity contribution in [2.24, 2.45) is 5.92 Å². The van der Waals surface area contributed by atoms with E-state index in [-0.39, 0.29) is 42.5 Å². The Labute approximate surface area is 216 Å². The molecule has 1 fully saturated rings. The van der Waals surface area contributed by atoms with E-state index >= 15 is 0 Å². The quantitative estimate of drug-likeness (QED) is 0.504. The summed E-state index contributed by atoms with van der Waals surface area (Å²) in [7, 11) is 1.62. The summed E-state index contributed by atoms with van der Waals surface area (Å²) in [5, 5.41) is 7.81. The van der Waals surface area contributed by atoms with Gasteiger partial charge in [-0.1, -0.05) is 44.2 Å². The molecule has 2 atom stereocenters. The molecule has 4 rings (SSSR count). The van der Waals surface area contributed by atoms with E-state index in [1.54, 1.807) is 42.0 Å². The third-order valence-electron chi connectivity index (χ3n) is 6.55. The number of aromatic amines is 1.